The zero-order valence-corrected chi connectivity index (χ0v) is 24.1. The van der Waals surface area contributed by atoms with Crippen molar-refractivity contribution in [1.82, 2.24) is 21.3 Å². The predicted molar refractivity (Wildman–Crippen MR) is 155 cm³/mol. The van der Waals surface area contributed by atoms with Crippen molar-refractivity contribution in [2.75, 3.05) is 6.54 Å². The summed E-state index contributed by atoms with van der Waals surface area (Å²) < 4.78 is 0.970. The summed E-state index contributed by atoms with van der Waals surface area (Å²) in [7, 11) is 0. The van der Waals surface area contributed by atoms with Crippen LogP contribution in [0.5, 0.6) is 0 Å². The Labute approximate surface area is 239 Å². The Morgan fingerprint density at radius 1 is 0.975 bits per heavy atom. The van der Waals surface area contributed by atoms with Gasteiger partial charge >= 0.3 is 0 Å². The Bertz CT molecular complexity index is 1200. The van der Waals surface area contributed by atoms with Gasteiger partial charge in [-0.1, -0.05) is 51.3 Å². The highest BCUT2D eigenvalue weighted by atomic mass is 32.1. The average Bonchev–Trinajstić information content (AvgIpc) is 3.38. The summed E-state index contributed by atoms with van der Waals surface area (Å²) in [5.74, 6) is -2.98. The molecule has 1 aliphatic heterocycles. The average molecular weight is 569 g/mol. The molecule has 40 heavy (non-hydrogen) atoms. The number of carbonyl (C=O) groups is 5. The highest BCUT2D eigenvalue weighted by Gasteiger charge is 2.35. The molecule has 1 saturated heterocycles. The molecule has 0 spiro atoms. The van der Waals surface area contributed by atoms with Crippen molar-refractivity contribution >= 4 is 50.8 Å². The first kappa shape index (κ1) is 29.7. The summed E-state index contributed by atoms with van der Waals surface area (Å²) >= 11 is 1.35. The van der Waals surface area contributed by atoms with Crippen molar-refractivity contribution in [3.05, 3.63) is 35.2 Å². The van der Waals surface area contributed by atoms with Crippen LogP contribution in [0.4, 0.5) is 0 Å². The summed E-state index contributed by atoms with van der Waals surface area (Å²) in [5, 5.41) is 12.2. The lowest BCUT2D eigenvalue weighted by molar-refractivity contribution is -0.141. The highest BCUT2D eigenvalue weighted by Crippen LogP contribution is 2.25. The number of Topliss-reactive ketones (excluding diaryl/α,β-unsaturated/α-hetero) is 1. The van der Waals surface area contributed by atoms with Crippen LogP contribution in [0, 0.1) is 11.8 Å². The lowest BCUT2D eigenvalue weighted by Crippen LogP contribution is -2.56. The van der Waals surface area contributed by atoms with Crippen molar-refractivity contribution < 1.29 is 24.0 Å². The van der Waals surface area contributed by atoms with Crippen molar-refractivity contribution in [3.63, 3.8) is 0 Å². The zero-order chi connectivity index (χ0) is 28.6. The van der Waals surface area contributed by atoms with E-state index in [1.54, 1.807) is 6.07 Å². The van der Waals surface area contributed by atoms with Gasteiger partial charge < -0.3 is 21.3 Å². The minimum atomic E-state index is -1.17. The maximum absolute atomic E-state index is 13.6. The number of piperidine rings is 1. The van der Waals surface area contributed by atoms with Gasteiger partial charge in [-0.2, -0.15) is 0 Å². The highest BCUT2D eigenvalue weighted by molar-refractivity contribution is 7.20. The van der Waals surface area contributed by atoms with Crippen LogP contribution >= 0.6 is 11.3 Å². The number of fused-ring (bicyclic) bond motifs is 1. The van der Waals surface area contributed by atoms with Gasteiger partial charge in [-0.25, -0.2) is 0 Å². The number of nitrogens with one attached hydrogen (secondary N) is 4. The van der Waals surface area contributed by atoms with Crippen LogP contribution < -0.4 is 21.3 Å². The normalized spacial score (nSPS) is 19.5. The van der Waals surface area contributed by atoms with Gasteiger partial charge in [0.1, 0.15) is 6.04 Å². The summed E-state index contributed by atoms with van der Waals surface area (Å²) in [6, 6.07) is 7.33. The van der Waals surface area contributed by atoms with Crippen LogP contribution in [0.3, 0.4) is 0 Å². The number of carbonyl (C=O) groups excluding carboxylic acids is 5. The van der Waals surface area contributed by atoms with Crippen molar-refractivity contribution in [2.24, 2.45) is 11.8 Å². The molecule has 4 rings (SSSR count). The third-order valence-corrected chi connectivity index (χ3v) is 8.81. The monoisotopic (exact) mass is 568 g/mol. The van der Waals surface area contributed by atoms with Crippen molar-refractivity contribution in [1.29, 1.82) is 0 Å². The molecule has 10 heteroatoms. The number of hydrogen-bond donors (Lipinski definition) is 4. The standard InChI is InChI=1S/C30H40N4O5S/c1-18(2)15-23(34-29(38)25-17-19-9-6-7-13-24(19)40-25)28(37)33-22(16-20-10-8-14-31-27(20)36)26(35)30(39)32-21-11-4-3-5-12-21/h6-7,9,13,17-18,20-23H,3-5,8,10-12,14-16H2,1-2H3,(H,31,36)(H,32,39)(H,33,37)(H,34,38)/t20-,22-,23-/m0/s1. The van der Waals surface area contributed by atoms with E-state index in [0.29, 0.717) is 24.3 Å². The second kappa shape index (κ2) is 13.9. The Kier molecular flexibility index (Phi) is 10.3. The molecule has 1 saturated carbocycles. The lowest BCUT2D eigenvalue weighted by Gasteiger charge is -2.28. The quantitative estimate of drug-likeness (QED) is 0.308. The Hall–Kier alpha value is -3.27. The molecule has 4 N–H and O–H groups in total. The summed E-state index contributed by atoms with van der Waals surface area (Å²) in [6.45, 7) is 4.46. The molecular formula is C30H40N4O5S. The second-order valence-corrected chi connectivity index (χ2v) is 12.5. The van der Waals surface area contributed by atoms with E-state index in [1.165, 1.54) is 11.3 Å². The molecule has 0 unspecified atom stereocenters. The van der Waals surface area contributed by atoms with Crippen LogP contribution in [0.2, 0.25) is 0 Å². The minimum absolute atomic E-state index is 0.0349. The smallest absolute Gasteiger partial charge is 0.289 e. The maximum atomic E-state index is 13.6. The molecule has 1 aromatic carbocycles. The molecule has 3 atom stereocenters. The van der Waals surface area contributed by atoms with E-state index in [2.05, 4.69) is 21.3 Å². The van der Waals surface area contributed by atoms with E-state index in [1.807, 2.05) is 38.1 Å². The largest absolute Gasteiger partial charge is 0.356 e. The van der Waals surface area contributed by atoms with Gasteiger partial charge in [0.05, 0.1) is 10.9 Å². The van der Waals surface area contributed by atoms with Crippen LogP contribution in [0.1, 0.15) is 81.3 Å². The fourth-order valence-electron chi connectivity index (χ4n) is 5.54. The van der Waals surface area contributed by atoms with Crippen LogP contribution in [0.25, 0.3) is 10.1 Å². The molecule has 0 bridgehead atoms. The molecule has 2 heterocycles. The molecule has 4 amide bonds. The van der Waals surface area contributed by atoms with Gasteiger partial charge in [0.25, 0.3) is 11.8 Å². The molecule has 2 aliphatic rings. The number of hydrogen-bond acceptors (Lipinski definition) is 6. The summed E-state index contributed by atoms with van der Waals surface area (Å²) in [5.41, 5.74) is 0. The molecular weight excluding hydrogens is 528 g/mol. The fraction of sp³-hybridized carbons (Fsp3) is 0.567. The number of thiophene rings is 1. The van der Waals surface area contributed by atoms with Crippen molar-refractivity contribution in [2.45, 2.75) is 89.8 Å². The predicted octanol–water partition coefficient (Wildman–Crippen LogP) is 3.46. The SMILES string of the molecule is CC(C)C[C@H](NC(=O)c1cc2ccccc2s1)C(=O)N[C@@H](C[C@@H]1CCCNC1=O)C(=O)C(=O)NC1CCCCC1. The molecule has 9 nitrogen and oxygen atoms in total. The third kappa shape index (κ3) is 7.90. The van der Waals surface area contributed by atoms with Crippen LogP contribution in [0.15, 0.2) is 30.3 Å². The topological polar surface area (TPSA) is 133 Å². The summed E-state index contributed by atoms with van der Waals surface area (Å²) in [4.78, 5) is 66.0. The van der Waals surface area contributed by atoms with E-state index < -0.39 is 35.6 Å². The number of rotatable bonds is 11. The first-order valence-corrected chi connectivity index (χ1v) is 15.2. The molecule has 1 aliphatic carbocycles. The van der Waals surface area contributed by atoms with Gasteiger partial charge in [-0.3, -0.25) is 24.0 Å². The van der Waals surface area contributed by atoms with E-state index >= 15 is 0 Å². The van der Waals surface area contributed by atoms with Gasteiger partial charge in [-0.05, 0) is 62.0 Å². The second-order valence-electron chi connectivity index (χ2n) is 11.4. The third-order valence-electron chi connectivity index (χ3n) is 7.70. The molecule has 2 fully saturated rings. The maximum Gasteiger partial charge on any atom is 0.289 e. The molecule has 1 aromatic heterocycles. The van der Waals surface area contributed by atoms with Crippen molar-refractivity contribution in [3.8, 4) is 0 Å². The number of amides is 4. The van der Waals surface area contributed by atoms with Crippen LogP contribution in [-0.4, -0.2) is 54.1 Å². The van der Waals surface area contributed by atoms with E-state index in [4.69, 9.17) is 0 Å². The van der Waals surface area contributed by atoms with E-state index in [0.717, 1.165) is 48.6 Å². The van der Waals surface area contributed by atoms with Gasteiger partial charge in [0, 0.05) is 23.2 Å². The van der Waals surface area contributed by atoms with Gasteiger partial charge in [0.2, 0.25) is 17.6 Å². The van der Waals surface area contributed by atoms with E-state index in [9.17, 15) is 24.0 Å². The Balaban J connectivity index is 1.49. The number of ketones is 1. The Morgan fingerprint density at radius 3 is 2.42 bits per heavy atom. The summed E-state index contributed by atoms with van der Waals surface area (Å²) in [6.07, 6.45) is 6.47. The minimum Gasteiger partial charge on any atom is -0.356 e. The number of benzene rings is 1. The lowest BCUT2D eigenvalue weighted by atomic mass is 9.89. The van der Waals surface area contributed by atoms with E-state index in [-0.39, 0.29) is 30.2 Å². The molecule has 216 valence electrons. The molecule has 0 radical (unpaired) electrons. The first-order chi connectivity index (χ1) is 19.2. The van der Waals surface area contributed by atoms with Gasteiger partial charge in [-0.15, -0.1) is 11.3 Å². The molecule has 2 aromatic rings. The Morgan fingerprint density at radius 2 is 1.73 bits per heavy atom. The fourth-order valence-corrected chi connectivity index (χ4v) is 6.50. The first-order valence-electron chi connectivity index (χ1n) is 14.4. The van der Waals surface area contributed by atoms with Gasteiger partial charge in [0.15, 0.2) is 0 Å². The zero-order valence-electron chi connectivity index (χ0n) is 23.3. The van der Waals surface area contributed by atoms with Crippen LogP contribution in [-0.2, 0) is 19.2 Å².